The molecule has 5 heteroatoms. The molecule has 0 aliphatic heterocycles. The lowest BCUT2D eigenvalue weighted by atomic mass is 9.98. The van der Waals surface area contributed by atoms with Crippen molar-refractivity contribution in [3.05, 3.63) is 48.2 Å². The summed E-state index contributed by atoms with van der Waals surface area (Å²) in [5, 5.41) is 1.15. The summed E-state index contributed by atoms with van der Waals surface area (Å²) in [4.78, 5) is 15.1. The van der Waals surface area contributed by atoms with Gasteiger partial charge in [0.15, 0.2) is 11.5 Å². The Kier molecular flexibility index (Phi) is 6.26. The van der Waals surface area contributed by atoms with Crippen LogP contribution in [0.1, 0.15) is 44.6 Å². The number of H-pyrrole nitrogens is 1. The standard InChI is InChI=1S/C25H29NO4/c1-3-29-24(27)11-8-17-14-21(18-9-10-22-19(16-18)12-13-26-22)25(23(15-17)28-2)30-20-6-4-5-7-20/h9-10,12-16,20,26H,3-8,11H2,1-2H3. The first kappa shape index (κ1) is 20.3. The van der Waals surface area contributed by atoms with Crippen LogP contribution in [0.4, 0.5) is 0 Å². The molecule has 1 aliphatic rings. The molecule has 0 atom stereocenters. The number of aromatic nitrogens is 1. The predicted octanol–water partition coefficient (Wildman–Crippen LogP) is 5.66. The Labute approximate surface area is 177 Å². The van der Waals surface area contributed by atoms with Crippen LogP contribution in [0.25, 0.3) is 22.0 Å². The van der Waals surface area contributed by atoms with Gasteiger partial charge < -0.3 is 19.2 Å². The fraction of sp³-hybridized carbons (Fsp3) is 0.400. The Morgan fingerprint density at radius 1 is 1.13 bits per heavy atom. The van der Waals surface area contributed by atoms with E-state index in [-0.39, 0.29) is 12.1 Å². The minimum Gasteiger partial charge on any atom is -0.493 e. The van der Waals surface area contributed by atoms with Gasteiger partial charge in [-0.1, -0.05) is 6.07 Å². The quantitative estimate of drug-likeness (QED) is 0.490. The van der Waals surface area contributed by atoms with Gasteiger partial charge in [0.2, 0.25) is 0 Å². The van der Waals surface area contributed by atoms with Crippen LogP contribution in [0.15, 0.2) is 42.6 Å². The SMILES string of the molecule is CCOC(=O)CCc1cc(OC)c(OC2CCCC2)c(-c2ccc3[nH]ccc3c2)c1. The van der Waals surface area contributed by atoms with Gasteiger partial charge in [0.05, 0.1) is 19.8 Å². The number of ether oxygens (including phenoxy) is 3. The lowest BCUT2D eigenvalue weighted by Crippen LogP contribution is -2.13. The number of carbonyl (C=O) groups is 1. The third-order valence-corrected chi connectivity index (χ3v) is 5.71. The van der Waals surface area contributed by atoms with E-state index in [0.717, 1.165) is 46.2 Å². The van der Waals surface area contributed by atoms with Gasteiger partial charge in [-0.25, -0.2) is 0 Å². The molecular weight excluding hydrogens is 378 g/mol. The van der Waals surface area contributed by atoms with Crippen LogP contribution in [-0.4, -0.2) is 30.8 Å². The van der Waals surface area contributed by atoms with Crippen molar-refractivity contribution in [1.29, 1.82) is 0 Å². The topological polar surface area (TPSA) is 60.6 Å². The summed E-state index contributed by atoms with van der Waals surface area (Å²) in [5.74, 6) is 1.32. The second-order valence-corrected chi connectivity index (χ2v) is 7.78. The van der Waals surface area contributed by atoms with Crippen LogP contribution in [0, 0.1) is 0 Å². The molecule has 0 spiro atoms. The van der Waals surface area contributed by atoms with Crippen molar-refractivity contribution < 1.29 is 19.0 Å². The van der Waals surface area contributed by atoms with Crippen molar-refractivity contribution in [2.75, 3.05) is 13.7 Å². The lowest BCUT2D eigenvalue weighted by Gasteiger charge is -2.21. The van der Waals surface area contributed by atoms with Crippen LogP contribution in [0.2, 0.25) is 0 Å². The number of carbonyl (C=O) groups excluding carboxylic acids is 1. The molecule has 158 valence electrons. The van der Waals surface area contributed by atoms with Gasteiger partial charge in [-0.3, -0.25) is 4.79 Å². The van der Waals surface area contributed by atoms with E-state index in [0.29, 0.717) is 25.2 Å². The average Bonchev–Trinajstić information content (AvgIpc) is 3.44. The van der Waals surface area contributed by atoms with E-state index in [1.54, 1.807) is 7.11 Å². The third kappa shape index (κ3) is 4.45. The summed E-state index contributed by atoms with van der Waals surface area (Å²) in [5.41, 5.74) is 4.21. The monoisotopic (exact) mass is 407 g/mol. The number of rotatable bonds is 8. The molecule has 1 fully saturated rings. The van der Waals surface area contributed by atoms with Gasteiger partial charge in [0.1, 0.15) is 0 Å². The fourth-order valence-corrected chi connectivity index (χ4v) is 4.16. The number of aryl methyl sites for hydroxylation is 1. The van der Waals surface area contributed by atoms with Crippen LogP contribution < -0.4 is 9.47 Å². The zero-order valence-electron chi connectivity index (χ0n) is 17.7. The molecule has 1 aliphatic carbocycles. The highest BCUT2D eigenvalue weighted by atomic mass is 16.5. The van der Waals surface area contributed by atoms with Gasteiger partial charge in [-0.05, 0) is 85.9 Å². The van der Waals surface area contributed by atoms with Gasteiger partial charge in [-0.2, -0.15) is 0 Å². The second kappa shape index (κ2) is 9.24. The Bertz CT molecular complexity index is 1020. The van der Waals surface area contributed by atoms with Crippen LogP contribution in [0.5, 0.6) is 11.5 Å². The first-order chi connectivity index (χ1) is 14.7. The molecule has 1 N–H and O–H groups in total. The predicted molar refractivity (Wildman–Crippen MR) is 118 cm³/mol. The molecule has 30 heavy (non-hydrogen) atoms. The Balaban J connectivity index is 1.73. The summed E-state index contributed by atoms with van der Waals surface area (Å²) in [6.07, 6.45) is 7.66. The van der Waals surface area contributed by atoms with E-state index >= 15 is 0 Å². The summed E-state index contributed by atoms with van der Waals surface area (Å²) in [7, 11) is 1.67. The summed E-state index contributed by atoms with van der Waals surface area (Å²) < 4.78 is 17.3. The number of aromatic amines is 1. The maximum atomic E-state index is 11.9. The highest BCUT2D eigenvalue weighted by Gasteiger charge is 2.22. The van der Waals surface area contributed by atoms with Crippen molar-refractivity contribution in [3.63, 3.8) is 0 Å². The Morgan fingerprint density at radius 3 is 2.73 bits per heavy atom. The zero-order chi connectivity index (χ0) is 20.9. The van der Waals surface area contributed by atoms with Crippen molar-refractivity contribution in [2.24, 2.45) is 0 Å². The number of fused-ring (bicyclic) bond motifs is 1. The molecule has 0 amide bonds. The fourth-order valence-electron chi connectivity index (χ4n) is 4.16. The smallest absolute Gasteiger partial charge is 0.306 e. The second-order valence-electron chi connectivity index (χ2n) is 7.78. The average molecular weight is 408 g/mol. The van der Waals surface area contributed by atoms with Gasteiger partial charge in [-0.15, -0.1) is 0 Å². The maximum absolute atomic E-state index is 11.9. The summed E-state index contributed by atoms with van der Waals surface area (Å²) >= 11 is 0. The number of hydrogen-bond donors (Lipinski definition) is 1. The summed E-state index contributed by atoms with van der Waals surface area (Å²) in [6.45, 7) is 2.23. The van der Waals surface area contributed by atoms with E-state index in [1.165, 1.54) is 12.8 Å². The van der Waals surface area contributed by atoms with Crippen molar-refractivity contribution in [1.82, 2.24) is 4.98 Å². The van der Waals surface area contributed by atoms with E-state index in [9.17, 15) is 4.79 Å². The van der Waals surface area contributed by atoms with E-state index in [2.05, 4.69) is 35.3 Å². The molecule has 0 unspecified atom stereocenters. The molecule has 5 nitrogen and oxygen atoms in total. The van der Waals surface area contributed by atoms with Gasteiger partial charge in [0, 0.05) is 23.7 Å². The molecule has 1 heterocycles. The van der Waals surface area contributed by atoms with Gasteiger partial charge in [0.25, 0.3) is 0 Å². The molecule has 3 aromatic rings. The molecule has 0 saturated heterocycles. The molecule has 2 aromatic carbocycles. The molecule has 0 bridgehead atoms. The highest BCUT2D eigenvalue weighted by Crippen LogP contribution is 2.42. The normalized spacial score (nSPS) is 14.2. The molecule has 4 rings (SSSR count). The van der Waals surface area contributed by atoms with Gasteiger partial charge >= 0.3 is 5.97 Å². The number of methoxy groups -OCH3 is 1. The minimum atomic E-state index is -0.182. The van der Waals surface area contributed by atoms with Crippen molar-refractivity contribution >= 4 is 16.9 Å². The lowest BCUT2D eigenvalue weighted by molar-refractivity contribution is -0.143. The third-order valence-electron chi connectivity index (χ3n) is 5.71. The van der Waals surface area contributed by atoms with Crippen molar-refractivity contribution in [3.8, 4) is 22.6 Å². The van der Waals surface area contributed by atoms with E-state index < -0.39 is 0 Å². The van der Waals surface area contributed by atoms with E-state index in [1.807, 2.05) is 19.2 Å². The van der Waals surface area contributed by atoms with Crippen LogP contribution in [-0.2, 0) is 16.0 Å². The van der Waals surface area contributed by atoms with Crippen LogP contribution in [0.3, 0.4) is 0 Å². The molecule has 1 saturated carbocycles. The molecule has 1 aromatic heterocycles. The first-order valence-electron chi connectivity index (χ1n) is 10.8. The number of benzene rings is 2. The Morgan fingerprint density at radius 2 is 1.97 bits per heavy atom. The summed E-state index contributed by atoms with van der Waals surface area (Å²) in [6, 6.07) is 12.5. The molecular formula is C25H29NO4. The number of nitrogens with one attached hydrogen (secondary N) is 1. The van der Waals surface area contributed by atoms with Crippen LogP contribution >= 0.6 is 0 Å². The minimum absolute atomic E-state index is 0.182. The highest BCUT2D eigenvalue weighted by molar-refractivity contribution is 5.87. The number of esters is 1. The Hall–Kier alpha value is -2.95. The number of hydrogen-bond acceptors (Lipinski definition) is 4. The maximum Gasteiger partial charge on any atom is 0.306 e. The largest absolute Gasteiger partial charge is 0.493 e. The van der Waals surface area contributed by atoms with E-state index in [4.69, 9.17) is 14.2 Å². The van der Waals surface area contributed by atoms with Crippen molar-refractivity contribution in [2.45, 2.75) is 51.6 Å². The zero-order valence-corrected chi connectivity index (χ0v) is 17.7. The first-order valence-corrected chi connectivity index (χ1v) is 10.8. The molecule has 0 radical (unpaired) electrons.